The zero-order valence-electron chi connectivity index (χ0n) is 19.5. The quantitative estimate of drug-likeness (QED) is 0.249. The molecule has 2 aliphatic heterocycles. The number of aliphatic carboxylic acids is 1. The van der Waals surface area contributed by atoms with E-state index in [2.05, 4.69) is 31.4 Å². The number of carbonyl (C=O) groups excluding carboxylic acids is 2. The summed E-state index contributed by atoms with van der Waals surface area (Å²) in [7, 11) is 0. The molecule has 0 radical (unpaired) electrons. The third-order valence-electron chi connectivity index (χ3n) is 5.56. The van der Waals surface area contributed by atoms with E-state index in [1.165, 1.54) is 45.8 Å². The van der Waals surface area contributed by atoms with E-state index in [0.717, 1.165) is 13.8 Å². The zero-order chi connectivity index (χ0) is 27.0. The Morgan fingerprint density at radius 1 is 1.34 bits per heavy atom. The van der Waals surface area contributed by atoms with Crippen LogP contribution in [0.1, 0.15) is 21.3 Å². The number of fused-ring (bicyclic) bond motifs is 1. The lowest BCUT2D eigenvalue weighted by Gasteiger charge is -2.49. The Kier molecular flexibility index (Phi) is 8.05. The number of nitrogens with zero attached hydrogens (tertiary/aromatic N) is 3. The van der Waals surface area contributed by atoms with Gasteiger partial charge in [-0.05, 0) is 42.8 Å². The first-order chi connectivity index (χ1) is 18.2. The van der Waals surface area contributed by atoms with Gasteiger partial charge in [-0.25, -0.2) is 4.79 Å². The molecular formula is C23H18BrClN4O6S3. The topological polar surface area (TPSA) is 135 Å². The molecule has 2 aromatic heterocycles. The average molecular weight is 658 g/mol. The number of benzene rings is 1. The minimum absolute atomic E-state index is 0.0102. The van der Waals surface area contributed by atoms with Crippen LogP contribution in [0.3, 0.4) is 0 Å². The van der Waals surface area contributed by atoms with Crippen LogP contribution in [0.5, 0.6) is 5.75 Å². The Hall–Kier alpha value is -2.52. The molecule has 2 aliphatic rings. The van der Waals surface area contributed by atoms with Crippen LogP contribution in [0, 0.1) is 6.92 Å². The first-order valence-electron chi connectivity index (χ1n) is 11.0. The van der Waals surface area contributed by atoms with Crippen LogP contribution < -0.4 is 10.1 Å². The minimum Gasteiger partial charge on any atom is -0.484 e. The van der Waals surface area contributed by atoms with Crippen LogP contribution in [0.25, 0.3) is 0 Å². The highest BCUT2D eigenvalue weighted by atomic mass is 79.9. The number of carboxylic acid groups (broad SMARTS) is 1. The van der Waals surface area contributed by atoms with Gasteiger partial charge < -0.3 is 19.6 Å². The second-order valence-electron chi connectivity index (χ2n) is 8.12. The molecule has 0 saturated carbocycles. The molecule has 0 bridgehead atoms. The Morgan fingerprint density at radius 2 is 2.16 bits per heavy atom. The number of amides is 2. The molecule has 198 valence electrons. The highest BCUT2D eigenvalue weighted by Gasteiger charge is 2.54. The van der Waals surface area contributed by atoms with E-state index in [4.69, 9.17) is 20.8 Å². The van der Waals surface area contributed by atoms with Crippen molar-refractivity contribution in [3.63, 3.8) is 0 Å². The van der Waals surface area contributed by atoms with Gasteiger partial charge in [-0.1, -0.05) is 50.6 Å². The summed E-state index contributed by atoms with van der Waals surface area (Å²) in [6, 6.07) is 7.41. The van der Waals surface area contributed by atoms with E-state index >= 15 is 0 Å². The maximum Gasteiger partial charge on any atom is 0.352 e. The van der Waals surface area contributed by atoms with E-state index in [9.17, 15) is 19.5 Å². The van der Waals surface area contributed by atoms with Gasteiger partial charge in [0, 0.05) is 16.0 Å². The van der Waals surface area contributed by atoms with Crippen molar-refractivity contribution in [2.75, 3.05) is 11.5 Å². The van der Waals surface area contributed by atoms with Crippen LogP contribution >= 0.6 is 62.4 Å². The molecule has 3 aromatic rings. The number of aromatic nitrogens is 2. The smallest absolute Gasteiger partial charge is 0.352 e. The fourth-order valence-electron chi connectivity index (χ4n) is 3.81. The average Bonchev–Trinajstić information content (AvgIpc) is 3.53. The maximum absolute atomic E-state index is 12.9. The van der Waals surface area contributed by atoms with Gasteiger partial charge in [0.15, 0.2) is 10.1 Å². The van der Waals surface area contributed by atoms with Gasteiger partial charge in [-0.15, -0.1) is 22.0 Å². The number of ether oxygens (including phenoxy) is 1. The number of thioether (sulfide) groups is 2. The third kappa shape index (κ3) is 5.59. The lowest BCUT2D eigenvalue weighted by Crippen LogP contribution is -2.70. The van der Waals surface area contributed by atoms with E-state index in [1.54, 1.807) is 24.3 Å². The summed E-state index contributed by atoms with van der Waals surface area (Å²) in [4.78, 5) is 39.0. The monoisotopic (exact) mass is 656 g/mol. The van der Waals surface area contributed by atoms with Gasteiger partial charge in [-0.3, -0.25) is 14.5 Å². The van der Waals surface area contributed by atoms with Crippen LogP contribution in [0.15, 0.2) is 54.8 Å². The van der Waals surface area contributed by atoms with Crippen molar-refractivity contribution >= 4 is 80.2 Å². The van der Waals surface area contributed by atoms with Crippen molar-refractivity contribution in [2.45, 2.75) is 29.3 Å². The molecule has 0 aliphatic carbocycles. The van der Waals surface area contributed by atoms with Gasteiger partial charge >= 0.3 is 5.97 Å². The molecule has 2 N–H and O–H groups in total. The lowest BCUT2D eigenvalue weighted by atomic mass is 10.0. The molecule has 2 atom stereocenters. The molecule has 0 unspecified atom stereocenters. The Labute approximate surface area is 242 Å². The van der Waals surface area contributed by atoms with Crippen LogP contribution in [0.2, 0.25) is 5.02 Å². The molecule has 15 heteroatoms. The summed E-state index contributed by atoms with van der Waals surface area (Å²) >= 11 is 13.7. The predicted molar refractivity (Wildman–Crippen MR) is 147 cm³/mol. The summed E-state index contributed by atoms with van der Waals surface area (Å²) < 4.78 is 12.8. The summed E-state index contributed by atoms with van der Waals surface area (Å²) in [5.74, 6) is -0.590. The molecule has 1 fully saturated rings. The maximum atomic E-state index is 12.9. The van der Waals surface area contributed by atoms with Crippen LogP contribution in [0.4, 0.5) is 0 Å². The summed E-state index contributed by atoms with van der Waals surface area (Å²) in [5, 5.41) is 21.2. The number of nitrogens with one attached hydrogen (secondary N) is 1. The number of carbonyl (C=O) groups is 3. The summed E-state index contributed by atoms with van der Waals surface area (Å²) in [6.07, 6.45) is 0. The molecule has 4 heterocycles. The SMILES string of the molecule is Cc1nnc(SCC2=C(C(=O)O)N3C(=O)[C@@H](NC(=O)c4ccc(COc5ccc(Br)cc5Cl)o4)[C@H]3SC2)s1. The Balaban J connectivity index is 1.20. The van der Waals surface area contributed by atoms with E-state index < -0.39 is 29.2 Å². The second kappa shape index (κ2) is 11.3. The Bertz CT molecular complexity index is 1460. The lowest BCUT2D eigenvalue weighted by molar-refractivity contribution is -0.148. The van der Waals surface area contributed by atoms with Crippen molar-refractivity contribution in [3.05, 3.63) is 67.6 Å². The van der Waals surface area contributed by atoms with Crippen molar-refractivity contribution < 1.29 is 28.6 Å². The van der Waals surface area contributed by atoms with E-state index in [-0.39, 0.29) is 18.1 Å². The van der Waals surface area contributed by atoms with Gasteiger partial charge in [0.25, 0.3) is 11.8 Å². The summed E-state index contributed by atoms with van der Waals surface area (Å²) in [5.41, 5.74) is 0.582. The highest BCUT2D eigenvalue weighted by Crippen LogP contribution is 2.42. The molecule has 1 saturated heterocycles. The number of furan rings is 1. The number of rotatable bonds is 9. The van der Waals surface area contributed by atoms with Gasteiger partial charge in [0.05, 0.1) is 5.02 Å². The Morgan fingerprint density at radius 3 is 2.87 bits per heavy atom. The van der Waals surface area contributed by atoms with Crippen LogP contribution in [-0.4, -0.2) is 60.9 Å². The minimum atomic E-state index is -1.18. The number of carboxylic acids is 1. The normalized spacial score (nSPS) is 18.7. The zero-order valence-corrected chi connectivity index (χ0v) is 24.3. The van der Waals surface area contributed by atoms with E-state index in [0.29, 0.717) is 33.6 Å². The molecule has 10 nitrogen and oxygen atoms in total. The van der Waals surface area contributed by atoms with Gasteiger partial charge in [0.1, 0.15) is 40.2 Å². The highest BCUT2D eigenvalue weighted by molar-refractivity contribution is 9.10. The number of aryl methyl sites for hydroxylation is 1. The molecule has 38 heavy (non-hydrogen) atoms. The van der Waals surface area contributed by atoms with Crippen molar-refractivity contribution in [2.24, 2.45) is 0 Å². The van der Waals surface area contributed by atoms with Gasteiger partial charge in [0.2, 0.25) is 0 Å². The first kappa shape index (κ1) is 27.1. The number of halogens is 2. The number of β-lactam (4-membered cyclic amide) rings is 1. The van der Waals surface area contributed by atoms with Gasteiger partial charge in [-0.2, -0.15) is 0 Å². The van der Waals surface area contributed by atoms with Crippen LogP contribution in [-0.2, 0) is 16.2 Å². The molecule has 2 amide bonds. The van der Waals surface area contributed by atoms with Crippen molar-refractivity contribution in [1.29, 1.82) is 0 Å². The molecule has 1 aromatic carbocycles. The van der Waals surface area contributed by atoms with E-state index in [1.807, 2.05) is 6.92 Å². The van der Waals surface area contributed by atoms with Crippen molar-refractivity contribution in [3.8, 4) is 5.75 Å². The molecule has 0 spiro atoms. The van der Waals surface area contributed by atoms with Crippen molar-refractivity contribution in [1.82, 2.24) is 20.4 Å². The third-order valence-corrected chi connectivity index (χ3v) is 9.75. The second-order valence-corrected chi connectivity index (χ2v) is 13.0. The first-order valence-corrected chi connectivity index (χ1v) is 15.0. The fourth-order valence-corrected chi connectivity index (χ4v) is 7.84. The molecule has 5 rings (SSSR count). The number of hydrogen-bond acceptors (Lipinski definition) is 10. The number of hydrogen-bond donors (Lipinski definition) is 2. The largest absolute Gasteiger partial charge is 0.484 e. The standard InChI is InChI=1S/C23H18BrClN4O6S3/c1-10-27-28-23(38-10)37-9-11-8-36-21-17(20(31)29(21)18(11)22(32)33)26-19(30)16-5-3-13(35-16)7-34-15-4-2-12(24)6-14(15)25/h2-6,17,21H,7-9H2,1H3,(H,26,30)(H,32,33)/t17-,21-/m1/s1. The molecular weight excluding hydrogens is 640 g/mol. The summed E-state index contributed by atoms with van der Waals surface area (Å²) in [6.45, 7) is 1.89. The predicted octanol–water partition coefficient (Wildman–Crippen LogP) is 4.58. The fraction of sp³-hybridized carbons (Fsp3) is 0.261.